The zero-order chi connectivity index (χ0) is 11.4. The number of hydrogen-bond donors (Lipinski definition) is 1. The molecule has 0 fully saturated rings. The van der Waals surface area contributed by atoms with E-state index >= 15 is 0 Å². The smallest absolute Gasteiger partial charge is 0.372 e. The van der Waals surface area contributed by atoms with Crippen molar-refractivity contribution in [2.75, 3.05) is 0 Å². The molecule has 1 atom stereocenters. The molecule has 1 rings (SSSR count). The molecular formula is C9H8N2O4. The number of hydrogen-bond acceptors (Lipinski definition) is 5. The maximum Gasteiger partial charge on any atom is 0.372 e. The number of Topliss-reactive ketones (excluding diaryl/α,β-unsaturated/α-hetero) is 2. The number of ketones is 2. The number of carboxylic acid groups (broad SMARTS) is 1. The zero-order valence-electron chi connectivity index (χ0n) is 7.88. The summed E-state index contributed by atoms with van der Waals surface area (Å²) in [5.41, 5.74) is -0.0143. The molecular weight excluding hydrogens is 200 g/mol. The molecule has 0 radical (unpaired) electrons. The van der Waals surface area contributed by atoms with Gasteiger partial charge in [-0.3, -0.25) is 14.6 Å². The van der Waals surface area contributed by atoms with Crippen LogP contribution >= 0.6 is 0 Å². The van der Waals surface area contributed by atoms with E-state index in [1.807, 2.05) is 0 Å². The van der Waals surface area contributed by atoms with E-state index in [1.54, 1.807) is 0 Å². The fraction of sp³-hybridized carbons (Fsp3) is 0.222. The van der Waals surface area contributed by atoms with Crippen LogP contribution in [0.5, 0.6) is 0 Å². The van der Waals surface area contributed by atoms with Crippen LogP contribution in [-0.4, -0.2) is 32.6 Å². The topological polar surface area (TPSA) is 97.2 Å². The number of carbonyl (C=O) groups excluding carboxylic acids is 2. The van der Waals surface area contributed by atoms with Crippen LogP contribution < -0.4 is 0 Å². The Labute approximate surface area is 85.0 Å². The predicted molar refractivity (Wildman–Crippen MR) is 48.2 cm³/mol. The van der Waals surface area contributed by atoms with Gasteiger partial charge in [-0.2, -0.15) is 0 Å². The van der Waals surface area contributed by atoms with Crippen LogP contribution in [0.1, 0.15) is 17.4 Å². The van der Waals surface area contributed by atoms with Crippen LogP contribution in [-0.2, 0) is 9.59 Å². The Balaban J connectivity index is 2.87. The zero-order valence-corrected chi connectivity index (χ0v) is 7.88. The van der Waals surface area contributed by atoms with Gasteiger partial charge in [0.05, 0.1) is 12.1 Å². The molecule has 0 spiro atoms. The summed E-state index contributed by atoms with van der Waals surface area (Å²) < 4.78 is 0. The lowest BCUT2D eigenvalue weighted by molar-refractivity contribution is -0.150. The summed E-state index contributed by atoms with van der Waals surface area (Å²) in [6, 6.07) is 0. The van der Waals surface area contributed by atoms with Crippen molar-refractivity contribution >= 4 is 17.5 Å². The molecule has 0 bridgehead atoms. The first-order valence-electron chi connectivity index (χ1n) is 4.11. The predicted octanol–water partition coefficient (Wildman–Crippen LogP) is -0.0509. The number of carbonyl (C=O) groups is 3. The Morgan fingerprint density at radius 3 is 2.47 bits per heavy atom. The molecule has 0 aromatic carbocycles. The Bertz CT molecular complexity index is 402. The maximum absolute atomic E-state index is 11.5. The lowest BCUT2D eigenvalue weighted by atomic mass is 9.99. The number of aromatic nitrogens is 2. The number of carboxylic acids is 1. The average Bonchev–Trinajstić information content (AvgIpc) is 2.27. The van der Waals surface area contributed by atoms with E-state index in [9.17, 15) is 14.4 Å². The summed E-state index contributed by atoms with van der Waals surface area (Å²) >= 11 is 0. The molecule has 1 heterocycles. The van der Waals surface area contributed by atoms with Crippen molar-refractivity contribution < 1.29 is 19.5 Å². The van der Waals surface area contributed by atoms with Gasteiger partial charge in [0.2, 0.25) is 5.78 Å². The molecule has 1 aromatic rings. The Kier molecular flexibility index (Phi) is 3.22. The quantitative estimate of drug-likeness (QED) is 0.423. The summed E-state index contributed by atoms with van der Waals surface area (Å²) in [5.74, 6) is -4.65. The molecule has 6 nitrogen and oxygen atoms in total. The summed E-state index contributed by atoms with van der Waals surface area (Å²) in [6.07, 6.45) is 3.86. The second-order valence-electron chi connectivity index (χ2n) is 2.85. The van der Waals surface area contributed by atoms with Gasteiger partial charge in [0, 0.05) is 12.4 Å². The Hall–Kier alpha value is -2.11. The Morgan fingerprint density at radius 1 is 1.33 bits per heavy atom. The van der Waals surface area contributed by atoms with Crippen LogP contribution in [0.2, 0.25) is 0 Å². The monoisotopic (exact) mass is 208 g/mol. The second kappa shape index (κ2) is 4.41. The van der Waals surface area contributed by atoms with Crippen molar-refractivity contribution in [1.29, 1.82) is 0 Å². The van der Waals surface area contributed by atoms with Crippen molar-refractivity contribution in [3.8, 4) is 0 Å². The van der Waals surface area contributed by atoms with E-state index in [4.69, 9.17) is 5.11 Å². The van der Waals surface area contributed by atoms with E-state index in [1.165, 1.54) is 25.5 Å². The lowest BCUT2D eigenvalue weighted by Crippen LogP contribution is -2.28. The van der Waals surface area contributed by atoms with Crippen LogP contribution in [0.25, 0.3) is 0 Å². The van der Waals surface area contributed by atoms with Crippen LogP contribution in [0.3, 0.4) is 0 Å². The van der Waals surface area contributed by atoms with Crippen molar-refractivity contribution in [2.45, 2.75) is 6.92 Å². The van der Waals surface area contributed by atoms with E-state index in [2.05, 4.69) is 9.97 Å². The molecule has 1 N–H and O–H groups in total. The molecule has 0 aliphatic carbocycles. The third kappa shape index (κ3) is 2.43. The fourth-order valence-corrected chi connectivity index (χ4v) is 0.952. The third-order valence-corrected chi connectivity index (χ3v) is 1.81. The highest BCUT2D eigenvalue weighted by Gasteiger charge is 2.28. The summed E-state index contributed by atoms with van der Waals surface area (Å²) in [4.78, 5) is 40.2. The maximum atomic E-state index is 11.5. The largest absolute Gasteiger partial charge is 0.475 e. The van der Waals surface area contributed by atoms with Crippen molar-refractivity contribution in [1.82, 2.24) is 9.97 Å². The first kappa shape index (κ1) is 11.0. The van der Waals surface area contributed by atoms with Crippen molar-refractivity contribution in [3.63, 3.8) is 0 Å². The number of nitrogens with zero attached hydrogens (tertiary/aromatic N) is 2. The fourth-order valence-electron chi connectivity index (χ4n) is 0.952. The lowest BCUT2D eigenvalue weighted by Gasteiger charge is -2.04. The minimum atomic E-state index is -1.63. The van der Waals surface area contributed by atoms with Gasteiger partial charge in [-0.1, -0.05) is 0 Å². The average molecular weight is 208 g/mol. The molecule has 0 saturated carbocycles. The highest BCUT2D eigenvalue weighted by atomic mass is 16.4. The number of aliphatic carboxylic acids is 1. The van der Waals surface area contributed by atoms with Gasteiger partial charge in [-0.25, -0.2) is 9.78 Å². The van der Waals surface area contributed by atoms with Crippen LogP contribution in [0.15, 0.2) is 18.6 Å². The van der Waals surface area contributed by atoms with Gasteiger partial charge < -0.3 is 5.11 Å². The van der Waals surface area contributed by atoms with Gasteiger partial charge in [-0.05, 0) is 6.92 Å². The molecule has 6 heteroatoms. The number of rotatable bonds is 4. The molecule has 0 aliphatic rings. The van der Waals surface area contributed by atoms with E-state index in [-0.39, 0.29) is 5.69 Å². The highest BCUT2D eigenvalue weighted by Crippen LogP contribution is 2.06. The van der Waals surface area contributed by atoms with Crippen molar-refractivity contribution in [3.05, 3.63) is 24.3 Å². The molecule has 15 heavy (non-hydrogen) atoms. The van der Waals surface area contributed by atoms with Gasteiger partial charge in [0.15, 0.2) is 5.78 Å². The summed E-state index contributed by atoms with van der Waals surface area (Å²) in [6.45, 7) is 1.23. The Morgan fingerprint density at radius 2 is 2.00 bits per heavy atom. The highest BCUT2D eigenvalue weighted by molar-refractivity contribution is 6.38. The molecule has 78 valence electrons. The minimum absolute atomic E-state index is 0.0143. The third-order valence-electron chi connectivity index (χ3n) is 1.81. The van der Waals surface area contributed by atoms with Gasteiger partial charge >= 0.3 is 5.97 Å². The standard InChI is InChI=1S/C9H8N2O4/c1-5(8(13)9(14)15)7(12)6-4-10-2-3-11-6/h2-5H,1H3,(H,14,15). The summed E-state index contributed by atoms with van der Waals surface area (Å²) in [7, 11) is 0. The first-order valence-corrected chi connectivity index (χ1v) is 4.11. The van der Waals surface area contributed by atoms with Gasteiger partial charge in [0.1, 0.15) is 5.69 Å². The van der Waals surface area contributed by atoms with E-state index < -0.39 is 23.5 Å². The SMILES string of the molecule is CC(C(=O)C(=O)O)C(=O)c1cnccn1. The van der Waals surface area contributed by atoms with Crippen LogP contribution in [0.4, 0.5) is 0 Å². The van der Waals surface area contributed by atoms with E-state index in [0.29, 0.717) is 0 Å². The van der Waals surface area contributed by atoms with Gasteiger partial charge in [-0.15, -0.1) is 0 Å². The molecule has 0 aliphatic heterocycles. The first-order chi connectivity index (χ1) is 7.04. The molecule has 0 saturated heterocycles. The van der Waals surface area contributed by atoms with Crippen LogP contribution in [0, 0.1) is 5.92 Å². The minimum Gasteiger partial charge on any atom is -0.475 e. The normalized spacial score (nSPS) is 11.8. The summed E-state index contributed by atoms with van der Waals surface area (Å²) in [5, 5.41) is 8.41. The second-order valence-corrected chi connectivity index (χ2v) is 2.85. The van der Waals surface area contributed by atoms with E-state index in [0.717, 1.165) is 0 Å². The molecule has 0 amide bonds. The van der Waals surface area contributed by atoms with Crippen molar-refractivity contribution in [2.24, 2.45) is 5.92 Å². The molecule has 1 unspecified atom stereocenters. The van der Waals surface area contributed by atoms with Gasteiger partial charge in [0.25, 0.3) is 0 Å². The molecule has 1 aromatic heterocycles.